The lowest BCUT2D eigenvalue weighted by atomic mass is 10.1. The van der Waals surface area contributed by atoms with Crippen molar-refractivity contribution in [2.45, 2.75) is 25.9 Å². The standard InChI is InChI=1S/C26H28F2N4O3/c1-4-20(35-25-9-6-19(27)16-22(25)28)12-14-31-23-8-5-18(17-29)15-24(23)32-26(33)10-7-21(34-3)11-13-30-2/h5-11,13,15-16,20,31H,4,12,14H2,1-3H3,(H,32,33)/b10-7+,21-11+,30-13-. The predicted octanol–water partition coefficient (Wildman–Crippen LogP) is 5.22. The summed E-state index contributed by atoms with van der Waals surface area (Å²) in [6, 6.07) is 10.1. The van der Waals surface area contributed by atoms with Gasteiger partial charge >= 0.3 is 0 Å². The molecular formula is C26H28F2N4O3. The first-order valence-electron chi connectivity index (χ1n) is 10.9. The number of rotatable bonds is 12. The van der Waals surface area contributed by atoms with Gasteiger partial charge in [-0.2, -0.15) is 5.26 Å². The Labute approximate surface area is 203 Å². The van der Waals surface area contributed by atoms with Crippen LogP contribution in [0, 0.1) is 23.0 Å². The molecule has 35 heavy (non-hydrogen) atoms. The van der Waals surface area contributed by atoms with E-state index in [0.717, 1.165) is 12.1 Å². The minimum Gasteiger partial charge on any atom is -0.497 e. The fourth-order valence-corrected chi connectivity index (χ4v) is 3.01. The van der Waals surface area contributed by atoms with Gasteiger partial charge in [0.25, 0.3) is 0 Å². The monoisotopic (exact) mass is 482 g/mol. The van der Waals surface area contributed by atoms with Crippen LogP contribution < -0.4 is 15.4 Å². The Bertz CT molecular complexity index is 1140. The number of nitriles is 1. The molecule has 7 nitrogen and oxygen atoms in total. The summed E-state index contributed by atoms with van der Waals surface area (Å²) in [6.07, 6.45) is 6.76. The summed E-state index contributed by atoms with van der Waals surface area (Å²) in [5.74, 6) is -1.40. The Morgan fingerprint density at radius 1 is 1.20 bits per heavy atom. The number of nitrogens with zero attached hydrogens (tertiary/aromatic N) is 2. The maximum atomic E-state index is 13.9. The van der Waals surface area contributed by atoms with Crippen LogP contribution in [0.1, 0.15) is 25.3 Å². The topological polar surface area (TPSA) is 95.7 Å². The first kappa shape index (κ1) is 27.1. The fraction of sp³-hybridized carbons (Fsp3) is 0.269. The third-order valence-corrected chi connectivity index (χ3v) is 4.85. The van der Waals surface area contributed by atoms with Crippen LogP contribution in [-0.4, -0.2) is 38.9 Å². The molecule has 0 fully saturated rings. The molecule has 9 heteroatoms. The number of halogens is 2. The summed E-state index contributed by atoms with van der Waals surface area (Å²) in [7, 11) is 3.10. The molecule has 0 aliphatic heterocycles. The predicted molar refractivity (Wildman–Crippen MR) is 133 cm³/mol. The maximum Gasteiger partial charge on any atom is 0.248 e. The van der Waals surface area contributed by atoms with Gasteiger partial charge in [0.2, 0.25) is 5.91 Å². The number of carbonyl (C=O) groups excluding carboxylic acids is 1. The van der Waals surface area contributed by atoms with Gasteiger partial charge in [-0.25, -0.2) is 8.78 Å². The van der Waals surface area contributed by atoms with Gasteiger partial charge in [-0.3, -0.25) is 9.79 Å². The zero-order valence-electron chi connectivity index (χ0n) is 19.8. The normalized spacial score (nSPS) is 12.4. The van der Waals surface area contributed by atoms with E-state index < -0.39 is 17.5 Å². The quantitative estimate of drug-likeness (QED) is 0.187. The summed E-state index contributed by atoms with van der Waals surface area (Å²) in [6.45, 7) is 2.35. The molecule has 0 aromatic heterocycles. The minimum absolute atomic E-state index is 0.00829. The van der Waals surface area contributed by atoms with Crippen molar-refractivity contribution >= 4 is 23.5 Å². The zero-order chi connectivity index (χ0) is 25.6. The van der Waals surface area contributed by atoms with Crippen molar-refractivity contribution in [1.29, 1.82) is 5.26 Å². The van der Waals surface area contributed by atoms with Crippen LogP contribution >= 0.6 is 0 Å². The molecule has 0 saturated heterocycles. The van der Waals surface area contributed by atoms with Gasteiger partial charge in [-0.15, -0.1) is 0 Å². The number of amides is 1. The zero-order valence-corrected chi connectivity index (χ0v) is 19.8. The van der Waals surface area contributed by atoms with Crippen LogP contribution in [-0.2, 0) is 9.53 Å². The van der Waals surface area contributed by atoms with Crippen molar-refractivity contribution < 1.29 is 23.0 Å². The molecule has 0 saturated carbocycles. The molecule has 0 radical (unpaired) electrons. The van der Waals surface area contributed by atoms with Crippen LogP contribution in [0.5, 0.6) is 5.75 Å². The highest BCUT2D eigenvalue weighted by Crippen LogP contribution is 2.24. The number of aliphatic imine (C=N–C) groups is 1. The second kappa shape index (κ2) is 14.2. The molecule has 2 N–H and O–H groups in total. The van der Waals surface area contributed by atoms with Gasteiger partial charge in [0.15, 0.2) is 11.6 Å². The van der Waals surface area contributed by atoms with Crippen molar-refractivity contribution in [3.8, 4) is 11.8 Å². The summed E-state index contributed by atoms with van der Waals surface area (Å²) in [5, 5.41) is 15.2. The average Bonchev–Trinajstić information content (AvgIpc) is 2.85. The van der Waals surface area contributed by atoms with E-state index in [1.807, 2.05) is 13.0 Å². The number of hydrogen-bond donors (Lipinski definition) is 2. The lowest BCUT2D eigenvalue weighted by Gasteiger charge is -2.19. The fourth-order valence-electron chi connectivity index (χ4n) is 3.01. The van der Waals surface area contributed by atoms with Gasteiger partial charge in [-0.1, -0.05) is 6.92 Å². The van der Waals surface area contributed by atoms with Crippen molar-refractivity contribution in [2.75, 3.05) is 31.3 Å². The smallest absolute Gasteiger partial charge is 0.248 e. The number of hydrogen-bond acceptors (Lipinski definition) is 6. The summed E-state index contributed by atoms with van der Waals surface area (Å²) in [5.41, 5.74) is 1.41. The third-order valence-electron chi connectivity index (χ3n) is 4.85. The summed E-state index contributed by atoms with van der Waals surface area (Å²) in [4.78, 5) is 16.3. The van der Waals surface area contributed by atoms with E-state index in [2.05, 4.69) is 15.6 Å². The molecule has 184 valence electrons. The SMILES string of the molecule is CCC(CCNc1ccc(C#N)cc1NC(=O)/C=C/C(=C\C=N/C)OC)Oc1ccc(F)cc1F. The Kier molecular flexibility index (Phi) is 10.9. The Morgan fingerprint density at radius 3 is 2.66 bits per heavy atom. The van der Waals surface area contributed by atoms with Crippen molar-refractivity contribution in [1.82, 2.24) is 0 Å². The van der Waals surface area contributed by atoms with Crippen LogP contribution in [0.3, 0.4) is 0 Å². The molecule has 2 rings (SSSR count). The maximum absolute atomic E-state index is 13.9. The van der Waals surface area contributed by atoms with Crippen molar-refractivity contribution in [3.05, 3.63) is 77.6 Å². The number of carbonyl (C=O) groups is 1. The third kappa shape index (κ3) is 8.93. The van der Waals surface area contributed by atoms with Crippen LogP contribution in [0.2, 0.25) is 0 Å². The van der Waals surface area contributed by atoms with Crippen LogP contribution in [0.15, 0.2) is 65.4 Å². The number of benzene rings is 2. The molecular weight excluding hydrogens is 454 g/mol. The first-order chi connectivity index (χ1) is 16.9. The van der Waals surface area contributed by atoms with Crippen molar-refractivity contribution in [3.63, 3.8) is 0 Å². The van der Waals surface area contributed by atoms with Crippen molar-refractivity contribution in [2.24, 2.45) is 4.99 Å². The summed E-state index contributed by atoms with van der Waals surface area (Å²) >= 11 is 0. The van der Waals surface area contributed by atoms with Crippen LogP contribution in [0.4, 0.5) is 20.2 Å². The van der Waals surface area contributed by atoms with Gasteiger partial charge in [0.05, 0.1) is 30.1 Å². The highest BCUT2D eigenvalue weighted by atomic mass is 19.1. The molecule has 0 spiro atoms. The number of ether oxygens (including phenoxy) is 2. The van der Waals surface area contributed by atoms with Crippen LogP contribution in [0.25, 0.3) is 0 Å². The minimum atomic E-state index is -0.755. The van der Waals surface area contributed by atoms with E-state index in [4.69, 9.17) is 9.47 Å². The molecule has 0 heterocycles. The van der Waals surface area contributed by atoms with E-state index in [1.165, 1.54) is 31.5 Å². The van der Waals surface area contributed by atoms with Gasteiger partial charge in [-0.05, 0) is 48.9 Å². The second-order valence-corrected chi connectivity index (χ2v) is 7.31. The largest absolute Gasteiger partial charge is 0.497 e. The van der Waals surface area contributed by atoms with E-state index in [-0.39, 0.29) is 11.9 Å². The van der Waals surface area contributed by atoms with E-state index in [0.29, 0.717) is 42.1 Å². The molecule has 0 aliphatic rings. The first-order valence-corrected chi connectivity index (χ1v) is 10.9. The lowest BCUT2D eigenvalue weighted by Crippen LogP contribution is -2.20. The molecule has 1 amide bonds. The van der Waals surface area contributed by atoms with E-state index >= 15 is 0 Å². The lowest BCUT2D eigenvalue weighted by molar-refractivity contribution is -0.111. The Hall–Kier alpha value is -4.19. The Balaban J connectivity index is 2.05. The average molecular weight is 483 g/mol. The van der Waals surface area contributed by atoms with Gasteiger partial charge < -0.3 is 20.1 Å². The number of methoxy groups -OCH3 is 1. The highest BCUT2D eigenvalue weighted by molar-refractivity contribution is 6.01. The molecule has 2 aromatic rings. The van der Waals surface area contributed by atoms with E-state index in [9.17, 15) is 18.8 Å². The molecule has 1 atom stereocenters. The molecule has 0 bridgehead atoms. The number of nitrogens with one attached hydrogen (secondary N) is 2. The highest BCUT2D eigenvalue weighted by Gasteiger charge is 2.13. The summed E-state index contributed by atoms with van der Waals surface area (Å²) < 4.78 is 37.9. The Morgan fingerprint density at radius 2 is 2.00 bits per heavy atom. The second-order valence-electron chi connectivity index (χ2n) is 7.31. The molecule has 0 aliphatic carbocycles. The van der Waals surface area contributed by atoms with E-state index in [1.54, 1.807) is 31.3 Å². The molecule has 1 unspecified atom stereocenters. The number of anilines is 2. The molecule has 2 aromatic carbocycles. The van der Waals surface area contributed by atoms with Gasteiger partial charge in [0, 0.05) is 38.4 Å². The van der Waals surface area contributed by atoms with Gasteiger partial charge in [0.1, 0.15) is 17.7 Å². The number of allylic oxidation sites excluding steroid dienone is 2.